The molecule has 46 valence electrons. The number of hydrogen-bond acceptors (Lipinski definition) is 1. The zero-order valence-corrected chi connectivity index (χ0v) is 7.59. The molecule has 0 aromatic heterocycles. The molecule has 0 saturated carbocycles. The van der Waals surface area contributed by atoms with Gasteiger partial charge in [-0.15, -0.1) is 0 Å². The van der Waals surface area contributed by atoms with Crippen molar-refractivity contribution in [3.63, 3.8) is 0 Å². The van der Waals surface area contributed by atoms with Crippen LogP contribution in [0.15, 0.2) is 24.3 Å². The molecular formula is C6H4IOP. The van der Waals surface area contributed by atoms with E-state index in [1.807, 2.05) is 24.3 Å². The van der Waals surface area contributed by atoms with Crippen LogP contribution in [0.3, 0.4) is 0 Å². The molecule has 0 saturated heterocycles. The maximum absolute atomic E-state index is 10.3. The lowest BCUT2D eigenvalue weighted by molar-refractivity contribution is 0.603. The quantitative estimate of drug-likeness (QED) is 0.551. The minimum atomic E-state index is 0.105. The standard InChI is InChI=1S/C6H4IOP/c7-5-3-1-2-4-6(5)9-8/h1-4H. The molecular weight excluding hydrogens is 246 g/mol. The Bertz CT molecular complexity index is 224. The van der Waals surface area contributed by atoms with E-state index in [4.69, 9.17) is 0 Å². The van der Waals surface area contributed by atoms with Crippen LogP contribution in [0.1, 0.15) is 0 Å². The Morgan fingerprint density at radius 1 is 1.33 bits per heavy atom. The molecule has 0 atom stereocenters. The minimum absolute atomic E-state index is 0.105. The van der Waals surface area contributed by atoms with Crippen LogP contribution in [-0.2, 0) is 4.57 Å². The number of benzene rings is 1. The molecule has 0 radical (unpaired) electrons. The third-order valence-corrected chi connectivity index (χ3v) is 2.90. The van der Waals surface area contributed by atoms with Crippen LogP contribution in [0.5, 0.6) is 0 Å². The summed E-state index contributed by atoms with van der Waals surface area (Å²) in [6.07, 6.45) is 0. The van der Waals surface area contributed by atoms with Crippen molar-refractivity contribution in [2.45, 2.75) is 0 Å². The molecule has 1 aromatic rings. The van der Waals surface area contributed by atoms with Crippen molar-refractivity contribution >= 4 is 36.4 Å². The summed E-state index contributed by atoms with van der Waals surface area (Å²) in [5.74, 6) is 0. The second-order valence-corrected chi connectivity index (χ2v) is 3.37. The summed E-state index contributed by atoms with van der Waals surface area (Å²) >= 11 is 2.15. The zero-order valence-electron chi connectivity index (χ0n) is 4.54. The molecule has 3 heteroatoms. The fourth-order valence-electron chi connectivity index (χ4n) is 0.526. The van der Waals surface area contributed by atoms with E-state index in [1.165, 1.54) is 0 Å². The highest BCUT2D eigenvalue weighted by molar-refractivity contribution is 14.1. The molecule has 0 spiro atoms. The second kappa shape index (κ2) is 3.28. The van der Waals surface area contributed by atoms with Crippen LogP contribution in [0.2, 0.25) is 0 Å². The highest BCUT2D eigenvalue weighted by Gasteiger charge is 1.93. The molecule has 0 aliphatic carbocycles. The van der Waals surface area contributed by atoms with E-state index in [2.05, 4.69) is 22.6 Å². The van der Waals surface area contributed by atoms with Crippen LogP contribution in [-0.4, -0.2) is 0 Å². The molecule has 0 bridgehead atoms. The predicted octanol–water partition coefficient (Wildman–Crippen LogP) is 2.21. The van der Waals surface area contributed by atoms with Crippen molar-refractivity contribution in [2.75, 3.05) is 0 Å². The summed E-state index contributed by atoms with van der Waals surface area (Å²) in [4.78, 5) is 0. The van der Waals surface area contributed by atoms with E-state index in [9.17, 15) is 4.57 Å². The first-order chi connectivity index (χ1) is 4.34. The van der Waals surface area contributed by atoms with E-state index in [0.29, 0.717) is 0 Å². The van der Waals surface area contributed by atoms with Gasteiger partial charge >= 0.3 is 0 Å². The summed E-state index contributed by atoms with van der Waals surface area (Å²) in [6.45, 7) is 0. The van der Waals surface area contributed by atoms with Crippen LogP contribution < -0.4 is 5.30 Å². The summed E-state index contributed by atoms with van der Waals surface area (Å²) in [5.41, 5.74) is 0. The Labute approximate surface area is 68.8 Å². The lowest BCUT2D eigenvalue weighted by Crippen LogP contribution is -1.94. The molecule has 1 rings (SSSR count). The maximum atomic E-state index is 10.3. The van der Waals surface area contributed by atoms with Gasteiger partial charge < -0.3 is 0 Å². The summed E-state index contributed by atoms with van der Waals surface area (Å²) < 4.78 is 11.4. The van der Waals surface area contributed by atoms with E-state index in [-0.39, 0.29) is 8.46 Å². The Kier molecular flexibility index (Phi) is 2.61. The van der Waals surface area contributed by atoms with Crippen LogP contribution in [0, 0.1) is 3.57 Å². The lowest BCUT2D eigenvalue weighted by atomic mass is 10.4. The number of hydrogen-bond donors (Lipinski definition) is 0. The minimum Gasteiger partial charge on any atom is -0.269 e. The van der Waals surface area contributed by atoms with Gasteiger partial charge in [-0.1, -0.05) is 12.1 Å². The zero-order chi connectivity index (χ0) is 6.69. The van der Waals surface area contributed by atoms with Gasteiger partial charge in [0.1, 0.15) is 0 Å². The van der Waals surface area contributed by atoms with E-state index >= 15 is 0 Å². The Balaban J connectivity index is 3.15. The van der Waals surface area contributed by atoms with Gasteiger partial charge in [0.2, 0.25) is 0 Å². The van der Waals surface area contributed by atoms with E-state index < -0.39 is 0 Å². The monoisotopic (exact) mass is 250 g/mol. The molecule has 0 heterocycles. The van der Waals surface area contributed by atoms with Crippen LogP contribution in [0.25, 0.3) is 0 Å². The average Bonchev–Trinajstić information content (AvgIpc) is 1.89. The third kappa shape index (κ3) is 1.73. The van der Waals surface area contributed by atoms with Gasteiger partial charge in [0.05, 0.1) is 5.30 Å². The number of halogens is 1. The van der Waals surface area contributed by atoms with Crippen molar-refractivity contribution in [3.8, 4) is 0 Å². The third-order valence-electron chi connectivity index (χ3n) is 0.951. The highest BCUT2D eigenvalue weighted by Crippen LogP contribution is 2.05. The van der Waals surface area contributed by atoms with Crippen molar-refractivity contribution in [1.82, 2.24) is 0 Å². The fraction of sp³-hybridized carbons (Fsp3) is 0. The topological polar surface area (TPSA) is 17.1 Å². The molecule has 0 aliphatic rings. The van der Waals surface area contributed by atoms with Gasteiger partial charge in [-0.25, -0.2) is 0 Å². The highest BCUT2D eigenvalue weighted by atomic mass is 127. The lowest BCUT2D eigenvalue weighted by Gasteiger charge is -1.89. The van der Waals surface area contributed by atoms with E-state index in [1.54, 1.807) is 0 Å². The second-order valence-electron chi connectivity index (χ2n) is 1.54. The Morgan fingerprint density at radius 2 is 2.00 bits per heavy atom. The van der Waals surface area contributed by atoms with Gasteiger partial charge in [0.25, 0.3) is 0 Å². The molecule has 1 nitrogen and oxygen atoms in total. The predicted molar refractivity (Wildman–Crippen MR) is 46.4 cm³/mol. The summed E-state index contributed by atoms with van der Waals surface area (Å²) in [5, 5.41) is 0.859. The van der Waals surface area contributed by atoms with Gasteiger partial charge in [-0.05, 0) is 34.7 Å². The first kappa shape index (κ1) is 7.16. The summed E-state index contributed by atoms with van der Waals surface area (Å²) in [6, 6.07) is 7.58. The van der Waals surface area contributed by atoms with Gasteiger partial charge in [0, 0.05) is 3.57 Å². The molecule has 0 aliphatic heterocycles. The van der Waals surface area contributed by atoms with E-state index in [0.717, 1.165) is 8.87 Å². The average molecular weight is 250 g/mol. The molecule has 0 unspecified atom stereocenters. The first-order valence-electron chi connectivity index (χ1n) is 2.42. The smallest absolute Gasteiger partial charge is 0.193 e. The van der Waals surface area contributed by atoms with Crippen molar-refractivity contribution < 1.29 is 4.57 Å². The molecule has 0 fully saturated rings. The SMILES string of the molecule is O=Pc1ccccc1I. The Morgan fingerprint density at radius 3 is 2.44 bits per heavy atom. The molecule has 9 heavy (non-hydrogen) atoms. The van der Waals surface area contributed by atoms with Crippen molar-refractivity contribution in [3.05, 3.63) is 27.8 Å². The van der Waals surface area contributed by atoms with Gasteiger partial charge in [0.15, 0.2) is 8.46 Å². The van der Waals surface area contributed by atoms with Crippen molar-refractivity contribution in [2.24, 2.45) is 0 Å². The largest absolute Gasteiger partial charge is 0.269 e. The maximum Gasteiger partial charge on any atom is 0.193 e. The normalized spacial score (nSPS) is 9.89. The van der Waals surface area contributed by atoms with Crippen molar-refractivity contribution in [1.29, 1.82) is 0 Å². The molecule has 1 aromatic carbocycles. The fourth-order valence-corrected chi connectivity index (χ4v) is 1.52. The van der Waals surface area contributed by atoms with Crippen LogP contribution in [0.4, 0.5) is 0 Å². The molecule has 0 N–H and O–H groups in total. The van der Waals surface area contributed by atoms with Gasteiger partial charge in [-0.3, -0.25) is 4.57 Å². The Hall–Kier alpha value is 0.0500. The molecule has 0 amide bonds. The van der Waals surface area contributed by atoms with Crippen LogP contribution >= 0.6 is 31.1 Å². The summed E-state index contributed by atoms with van der Waals surface area (Å²) in [7, 11) is 0.105. The van der Waals surface area contributed by atoms with Gasteiger partial charge in [-0.2, -0.15) is 0 Å². The first-order valence-corrected chi connectivity index (χ1v) is 4.31. The number of rotatable bonds is 1.